The predicted molar refractivity (Wildman–Crippen MR) is 77.7 cm³/mol. The zero-order valence-corrected chi connectivity index (χ0v) is 12.1. The highest BCUT2D eigenvalue weighted by atomic mass is 32.1. The highest BCUT2D eigenvalue weighted by molar-refractivity contribution is 7.10. The fourth-order valence-electron chi connectivity index (χ4n) is 1.83. The first-order chi connectivity index (χ1) is 9.66. The average molecular weight is 294 g/mol. The van der Waals surface area contributed by atoms with Crippen molar-refractivity contribution in [2.75, 3.05) is 13.1 Å². The number of rotatable bonds is 6. The summed E-state index contributed by atoms with van der Waals surface area (Å²) >= 11 is 1.42. The Kier molecular flexibility index (Phi) is 4.81. The third kappa shape index (κ3) is 3.20. The fourth-order valence-corrected chi connectivity index (χ4v) is 2.66. The largest absolute Gasteiger partial charge is 0.466 e. The van der Waals surface area contributed by atoms with Crippen molar-refractivity contribution in [1.82, 2.24) is 10.6 Å². The maximum Gasteiger partial charge on any atom is 0.314 e. The highest BCUT2D eigenvalue weighted by Gasteiger charge is 2.36. The molecule has 5 nitrogen and oxygen atoms in total. The van der Waals surface area contributed by atoms with Gasteiger partial charge in [-0.15, -0.1) is 11.3 Å². The van der Waals surface area contributed by atoms with E-state index in [-0.39, 0.29) is 12.6 Å². The van der Waals surface area contributed by atoms with Crippen LogP contribution in [0.1, 0.15) is 24.0 Å². The van der Waals surface area contributed by atoms with Gasteiger partial charge in [0.25, 0.3) is 0 Å². The summed E-state index contributed by atoms with van der Waals surface area (Å²) < 4.78 is 5.32. The number of furan rings is 1. The first-order valence-corrected chi connectivity index (χ1v) is 7.37. The minimum absolute atomic E-state index is 0.0522. The lowest BCUT2D eigenvalue weighted by Crippen LogP contribution is -2.45. The number of carbonyl (C=O) groups is 1. The Bertz CT molecular complexity index is 488. The molecule has 6 heteroatoms. The Balaban J connectivity index is 2.11. The zero-order chi connectivity index (χ0) is 14.4. The number of urea groups is 1. The van der Waals surface area contributed by atoms with Crippen LogP contribution < -0.4 is 10.6 Å². The van der Waals surface area contributed by atoms with Crippen molar-refractivity contribution in [2.24, 2.45) is 0 Å². The molecule has 108 valence electrons. The SMILES string of the molecule is CCCNC(=O)NCC(O)(c1ccco1)c1cccs1. The Morgan fingerprint density at radius 3 is 2.85 bits per heavy atom. The van der Waals surface area contributed by atoms with Crippen LogP contribution in [-0.2, 0) is 5.60 Å². The van der Waals surface area contributed by atoms with Crippen molar-refractivity contribution in [3.63, 3.8) is 0 Å². The molecule has 0 aliphatic heterocycles. The second-order valence-corrected chi connectivity index (χ2v) is 5.37. The molecule has 0 aliphatic rings. The maximum absolute atomic E-state index is 11.6. The summed E-state index contributed by atoms with van der Waals surface area (Å²) in [6.45, 7) is 2.63. The van der Waals surface area contributed by atoms with E-state index in [1.165, 1.54) is 17.6 Å². The van der Waals surface area contributed by atoms with Gasteiger partial charge < -0.3 is 20.2 Å². The van der Waals surface area contributed by atoms with E-state index in [0.29, 0.717) is 12.3 Å². The summed E-state index contributed by atoms with van der Waals surface area (Å²) in [5.74, 6) is 0.413. The van der Waals surface area contributed by atoms with Crippen LogP contribution in [0.15, 0.2) is 40.3 Å². The van der Waals surface area contributed by atoms with Crippen molar-refractivity contribution in [1.29, 1.82) is 0 Å². The van der Waals surface area contributed by atoms with Gasteiger partial charge >= 0.3 is 6.03 Å². The molecule has 0 spiro atoms. The van der Waals surface area contributed by atoms with E-state index < -0.39 is 5.60 Å². The van der Waals surface area contributed by atoms with Crippen LogP contribution in [0.25, 0.3) is 0 Å². The van der Waals surface area contributed by atoms with Crippen molar-refractivity contribution in [3.8, 4) is 0 Å². The van der Waals surface area contributed by atoms with Crippen LogP contribution in [0.2, 0.25) is 0 Å². The topological polar surface area (TPSA) is 74.5 Å². The van der Waals surface area contributed by atoms with E-state index in [4.69, 9.17) is 4.42 Å². The van der Waals surface area contributed by atoms with Crippen LogP contribution in [0, 0.1) is 0 Å². The van der Waals surface area contributed by atoms with Gasteiger partial charge in [-0.2, -0.15) is 0 Å². The molecule has 2 aromatic rings. The molecule has 0 radical (unpaired) electrons. The lowest BCUT2D eigenvalue weighted by Gasteiger charge is -2.25. The Hall–Kier alpha value is -1.79. The Labute approximate surface area is 121 Å². The van der Waals surface area contributed by atoms with Crippen LogP contribution in [-0.4, -0.2) is 24.2 Å². The molecular weight excluding hydrogens is 276 g/mol. The van der Waals surface area contributed by atoms with Gasteiger partial charge in [0.2, 0.25) is 0 Å². The van der Waals surface area contributed by atoms with E-state index in [2.05, 4.69) is 10.6 Å². The van der Waals surface area contributed by atoms with E-state index in [1.807, 2.05) is 24.4 Å². The van der Waals surface area contributed by atoms with Gasteiger partial charge in [-0.25, -0.2) is 4.79 Å². The summed E-state index contributed by atoms with van der Waals surface area (Å²) in [4.78, 5) is 12.4. The minimum Gasteiger partial charge on any atom is -0.466 e. The molecule has 0 saturated heterocycles. The van der Waals surface area contributed by atoms with Gasteiger partial charge in [-0.3, -0.25) is 0 Å². The highest BCUT2D eigenvalue weighted by Crippen LogP contribution is 2.32. The van der Waals surface area contributed by atoms with Crippen molar-refractivity contribution in [2.45, 2.75) is 18.9 Å². The summed E-state index contributed by atoms with van der Waals surface area (Å²) in [5, 5.41) is 18.1. The van der Waals surface area contributed by atoms with Crippen molar-refractivity contribution >= 4 is 17.4 Å². The third-order valence-electron chi connectivity index (χ3n) is 2.90. The van der Waals surface area contributed by atoms with E-state index in [1.54, 1.807) is 12.1 Å². The monoisotopic (exact) mass is 294 g/mol. The van der Waals surface area contributed by atoms with Crippen molar-refractivity contribution < 1.29 is 14.3 Å². The summed E-state index contributed by atoms with van der Waals surface area (Å²) in [5.41, 5.74) is -1.35. The lowest BCUT2D eigenvalue weighted by atomic mass is 9.99. The maximum atomic E-state index is 11.6. The number of hydrogen-bond acceptors (Lipinski definition) is 4. The number of nitrogens with one attached hydrogen (secondary N) is 2. The normalized spacial score (nSPS) is 13.7. The van der Waals surface area contributed by atoms with Gasteiger partial charge in [-0.1, -0.05) is 13.0 Å². The average Bonchev–Trinajstić information content (AvgIpc) is 3.14. The molecule has 20 heavy (non-hydrogen) atoms. The number of aliphatic hydroxyl groups is 1. The molecule has 2 rings (SSSR count). The molecule has 3 N–H and O–H groups in total. The second kappa shape index (κ2) is 6.58. The molecule has 0 saturated carbocycles. The van der Waals surface area contributed by atoms with Gasteiger partial charge in [0, 0.05) is 11.4 Å². The fraction of sp³-hybridized carbons (Fsp3) is 0.357. The Morgan fingerprint density at radius 1 is 1.40 bits per heavy atom. The molecule has 0 fully saturated rings. The summed E-state index contributed by atoms with van der Waals surface area (Å²) in [7, 11) is 0. The number of thiophene rings is 1. The molecule has 1 atom stereocenters. The molecule has 0 bridgehead atoms. The van der Waals surface area contributed by atoms with E-state index in [0.717, 1.165) is 11.3 Å². The van der Waals surface area contributed by atoms with Crippen LogP contribution in [0.3, 0.4) is 0 Å². The van der Waals surface area contributed by atoms with Crippen LogP contribution in [0.4, 0.5) is 4.79 Å². The van der Waals surface area contributed by atoms with E-state index >= 15 is 0 Å². The van der Waals surface area contributed by atoms with E-state index in [9.17, 15) is 9.90 Å². The predicted octanol–water partition coefficient (Wildman–Crippen LogP) is 2.29. The summed E-state index contributed by atoms with van der Waals surface area (Å²) in [6.07, 6.45) is 2.37. The molecule has 0 aliphatic carbocycles. The second-order valence-electron chi connectivity index (χ2n) is 4.42. The molecular formula is C14H18N2O3S. The molecule has 0 aromatic carbocycles. The lowest BCUT2D eigenvalue weighted by molar-refractivity contribution is 0.0623. The quantitative estimate of drug-likeness (QED) is 0.765. The first kappa shape index (κ1) is 14.6. The minimum atomic E-state index is -1.35. The molecule has 2 heterocycles. The molecule has 2 aromatic heterocycles. The number of carbonyl (C=O) groups excluding carboxylic acids is 1. The van der Waals surface area contributed by atoms with Gasteiger partial charge in [-0.05, 0) is 30.0 Å². The Morgan fingerprint density at radius 2 is 2.25 bits per heavy atom. The van der Waals surface area contributed by atoms with Crippen LogP contribution >= 0.6 is 11.3 Å². The van der Waals surface area contributed by atoms with Gasteiger partial charge in [0.05, 0.1) is 12.8 Å². The number of hydrogen-bond donors (Lipinski definition) is 3. The van der Waals surface area contributed by atoms with Crippen LogP contribution in [0.5, 0.6) is 0 Å². The van der Waals surface area contributed by atoms with Gasteiger partial charge in [0.1, 0.15) is 5.76 Å². The molecule has 1 unspecified atom stereocenters. The smallest absolute Gasteiger partial charge is 0.314 e. The zero-order valence-electron chi connectivity index (χ0n) is 11.3. The number of amides is 2. The van der Waals surface area contributed by atoms with Gasteiger partial charge in [0.15, 0.2) is 5.60 Å². The van der Waals surface area contributed by atoms with Crippen molar-refractivity contribution in [3.05, 3.63) is 46.5 Å². The molecule has 2 amide bonds. The standard InChI is InChI=1S/C14H18N2O3S/c1-2-7-15-13(17)16-10-14(18,11-5-3-8-19-11)12-6-4-9-20-12/h3-6,8-9,18H,2,7,10H2,1H3,(H2,15,16,17). The first-order valence-electron chi connectivity index (χ1n) is 6.49. The summed E-state index contributed by atoms with van der Waals surface area (Å²) in [6, 6.07) is 6.79. The third-order valence-corrected chi connectivity index (χ3v) is 3.92.